The van der Waals surface area contributed by atoms with Gasteiger partial charge >= 0.3 is 0 Å². The van der Waals surface area contributed by atoms with Gasteiger partial charge in [-0.3, -0.25) is 4.79 Å². The predicted molar refractivity (Wildman–Crippen MR) is 114 cm³/mol. The number of phenols is 1. The minimum absolute atomic E-state index is 0.00324. The van der Waals surface area contributed by atoms with E-state index < -0.39 is 5.43 Å². The molecule has 1 N–H and O–H groups in total. The molecule has 8 nitrogen and oxygen atoms in total. The first-order valence-electron chi connectivity index (χ1n) is 9.28. The normalized spacial score (nSPS) is 10.3. The van der Waals surface area contributed by atoms with Gasteiger partial charge in [-0.05, 0) is 19.1 Å². The monoisotopic (exact) mass is 424 g/mol. The van der Waals surface area contributed by atoms with Crippen LogP contribution in [0.3, 0.4) is 0 Å². The third-order valence-electron chi connectivity index (χ3n) is 4.23. The van der Waals surface area contributed by atoms with E-state index in [0.717, 1.165) is 6.26 Å². The Hall–Kier alpha value is -4.16. The molecule has 0 spiro atoms. The van der Waals surface area contributed by atoms with Crippen LogP contribution in [0.15, 0.2) is 58.5 Å². The fraction of sp³-hybridized carbons (Fsp3) is 0.174. The molecular formula is C23H20O8. The van der Waals surface area contributed by atoms with E-state index in [2.05, 4.69) is 6.58 Å². The summed E-state index contributed by atoms with van der Waals surface area (Å²) in [5, 5.41) is 10.3. The highest BCUT2D eigenvalue weighted by Gasteiger charge is 2.21. The summed E-state index contributed by atoms with van der Waals surface area (Å²) >= 11 is 0. The Kier molecular flexibility index (Phi) is 6.64. The Labute approximate surface area is 177 Å². The smallest absolute Gasteiger partial charge is 0.204 e. The van der Waals surface area contributed by atoms with Crippen LogP contribution in [0.2, 0.25) is 0 Å². The van der Waals surface area contributed by atoms with Crippen molar-refractivity contribution in [2.24, 2.45) is 0 Å². The third-order valence-corrected chi connectivity index (χ3v) is 4.23. The molecule has 0 atom stereocenters. The van der Waals surface area contributed by atoms with E-state index >= 15 is 0 Å². The molecule has 0 fully saturated rings. The van der Waals surface area contributed by atoms with Crippen molar-refractivity contribution in [2.75, 3.05) is 20.3 Å². The van der Waals surface area contributed by atoms with E-state index in [9.17, 15) is 14.7 Å². The number of fused-ring (bicyclic) bond motifs is 1. The Balaban J connectivity index is 2.26. The molecule has 0 saturated heterocycles. The number of benzene rings is 2. The number of ether oxygens (including phenoxy) is 4. The van der Waals surface area contributed by atoms with Gasteiger partial charge in [0.2, 0.25) is 5.75 Å². The van der Waals surface area contributed by atoms with Gasteiger partial charge in [-0.1, -0.05) is 12.7 Å². The quantitative estimate of drug-likeness (QED) is 0.314. The minimum atomic E-state index is -0.477. The van der Waals surface area contributed by atoms with E-state index in [0.29, 0.717) is 23.7 Å². The highest BCUT2D eigenvalue weighted by Crippen LogP contribution is 2.45. The summed E-state index contributed by atoms with van der Waals surface area (Å²) in [6.45, 7) is 5.85. The Morgan fingerprint density at radius 2 is 2.00 bits per heavy atom. The molecule has 3 aromatic rings. The summed E-state index contributed by atoms with van der Waals surface area (Å²) in [7, 11) is 1.46. The molecule has 0 unspecified atom stereocenters. The van der Waals surface area contributed by atoms with Crippen LogP contribution in [-0.4, -0.2) is 31.4 Å². The molecule has 1 aromatic heterocycles. The molecular weight excluding hydrogens is 404 g/mol. The van der Waals surface area contributed by atoms with Gasteiger partial charge in [0.25, 0.3) is 0 Å². The Morgan fingerprint density at radius 3 is 2.68 bits per heavy atom. The molecule has 0 amide bonds. The van der Waals surface area contributed by atoms with Crippen LogP contribution in [0, 0.1) is 0 Å². The maximum absolute atomic E-state index is 12.7. The van der Waals surface area contributed by atoms with Gasteiger partial charge in [-0.2, -0.15) is 0 Å². The molecule has 0 aliphatic carbocycles. The number of phenolic OH excluding ortho intramolecular Hbond substituents is 1. The van der Waals surface area contributed by atoms with Crippen LogP contribution in [0.1, 0.15) is 6.92 Å². The summed E-state index contributed by atoms with van der Waals surface area (Å²) in [6.07, 6.45) is 2.36. The number of carbonyl (C=O) groups excluding carboxylic acids is 1. The number of aromatic hydroxyl groups is 1. The van der Waals surface area contributed by atoms with Gasteiger partial charge in [-0.25, -0.2) is 4.79 Å². The van der Waals surface area contributed by atoms with Crippen molar-refractivity contribution in [2.45, 2.75) is 6.92 Å². The van der Waals surface area contributed by atoms with E-state index in [1.165, 1.54) is 31.3 Å². The highest BCUT2D eigenvalue weighted by molar-refractivity contribution is 5.87. The average Bonchev–Trinajstić information content (AvgIpc) is 2.76. The second-order valence-electron chi connectivity index (χ2n) is 6.15. The van der Waals surface area contributed by atoms with Crippen molar-refractivity contribution in [3.8, 4) is 40.1 Å². The highest BCUT2D eigenvalue weighted by atomic mass is 16.5. The molecule has 1 heterocycles. The van der Waals surface area contributed by atoms with Crippen LogP contribution in [0.4, 0.5) is 0 Å². The van der Waals surface area contributed by atoms with Gasteiger partial charge in [0.05, 0.1) is 19.3 Å². The van der Waals surface area contributed by atoms with Crippen molar-refractivity contribution < 1.29 is 33.3 Å². The number of hydrogen-bond acceptors (Lipinski definition) is 8. The van der Waals surface area contributed by atoms with E-state index in [1.807, 2.05) is 0 Å². The van der Waals surface area contributed by atoms with Gasteiger partial charge in [0.1, 0.15) is 34.8 Å². The second-order valence-corrected chi connectivity index (χ2v) is 6.15. The molecule has 3 rings (SSSR count). The number of rotatable bonds is 9. The van der Waals surface area contributed by atoms with Crippen molar-refractivity contribution in [3.05, 3.63) is 59.5 Å². The molecule has 8 heteroatoms. The lowest BCUT2D eigenvalue weighted by Gasteiger charge is -2.16. The van der Waals surface area contributed by atoms with Crippen molar-refractivity contribution in [3.63, 3.8) is 0 Å². The zero-order valence-corrected chi connectivity index (χ0v) is 17.0. The molecule has 0 radical (unpaired) electrons. The fourth-order valence-corrected chi connectivity index (χ4v) is 3.00. The van der Waals surface area contributed by atoms with Crippen LogP contribution in [0.25, 0.3) is 22.3 Å². The topological polar surface area (TPSA) is 104 Å². The van der Waals surface area contributed by atoms with Crippen molar-refractivity contribution >= 4 is 16.9 Å². The van der Waals surface area contributed by atoms with Crippen LogP contribution < -0.4 is 24.4 Å². The van der Waals surface area contributed by atoms with Crippen LogP contribution in [-0.2, 0) is 4.79 Å². The summed E-state index contributed by atoms with van der Waals surface area (Å²) in [5.74, 6) is 2.37. The summed E-state index contributed by atoms with van der Waals surface area (Å²) in [6, 6.07) is 7.23. The third kappa shape index (κ3) is 4.39. The maximum atomic E-state index is 12.7. The summed E-state index contributed by atoms with van der Waals surface area (Å²) < 4.78 is 27.7. The first-order valence-corrected chi connectivity index (χ1v) is 9.28. The zero-order chi connectivity index (χ0) is 22.4. The minimum Gasteiger partial charge on any atom is -0.507 e. The predicted octanol–water partition coefficient (Wildman–Crippen LogP) is 3.86. The largest absolute Gasteiger partial charge is 0.507 e. The van der Waals surface area contributed by atoms with Gasteiger partial charge in [0, 0.05) is 18.2 Å². The maximum Gasteiger partial charge on any atom is 0.204 e. The van der Waals surface area contributed by atoms with Gasteiger partial charge < -0.3 is 28.5 Å². The molecule has 31 heavy (non-hydrogen) atoms. The number of methoxy groups -OCH3 is 1. The van der Waals surface area contributed by atoms with Crippen LogP contribution >= 0.6 is 0 Å². The second kappa shape index (κ2) is 9.56. The van der Waals surface area contributed by atoms with Crippen molar-refractivity contribution in [1.29, 1.82) is 0 Å². The lowest BCUT2D eigenvalue weighted by Crippen LogP contribution is -2.03. The van der Waals surface area contributed by atoms with Crippen LogP contribution in [0.5, 0.6) is 28.7 Å². The SMILES string of the molecule is C=CCOc1cc(O)c2c(=O)cc(-c3ccc(OC)c(OCC)c3OC=C=O)oc2c1. The molecule has 0 aliphatic heterocycles. The fourth-order valence-electron chi connectivity index (χ4n) is 3.00. The molecule has 0 bridgehead atoms. The molecule has 160 valence electrons. The molecule has 2 aromatic carbocycles. The number of hydrogen-bond donors (Lipinski definition) is 1. The zero-order valence-electron chi connectivity index (χ0n) is 17.0. The molecule has 0 saturated carbocycles. The van der Waals surface area contributed by atoms with E-state index in [-0.39, 0.29) is 40.6 Å². The summed E-state index contributed by atoms with van der Waals surface area (Å²) in [5.41, 5.74) is -0.0476. The average molecular weight is 424 g/mol. The lowest BCUT2D eigenvalue weighted by molar-refractivity contribution is 0.296. The Bertz CT molecular complexity index is 1220. The van der Waals surface area contributed by atoms with Gasteiger partial charge in [-0.15, -0.1) is 0 Å². The lowest BCUT2D eigenvalue weighted by atomic mass is 10.1. The first-order chi connectivity index (χ1) is 15.0. The van der Waals surface area contributed by atoms with Crippen molar-refractivity contribution in [1.82, 2.24) is 0 Å². The first kappa shape index (κ1) is 21.5. The molecule has 0 aliphatic rings. The van der Waals surface area contributed by atoms with E-state index in [4.69, 9.17) is 23.4 Å². The van der Waals surface area contributed by atoms with Gasteiger partial charge in [0.15, 0.2) is 29.1 Å². The Morgan fingerprint density at radius 1 is 1.19 bits per heavy atom. The standard InChI is InChI=1S/C23H20O8/c1-4-9-29-14-11-16(25)21-17(26)13-19(31-20(21)12-14)15-6-7-18(27-3)23(28-5-2)22(15)30-10-8-24/h4,6-7,10-13,25H,1,5,9H2,2-3H3. The van der Waals surface area contributed by atoms with E-state index in [1.54, 1.807) is 25.1 Å². The summed E-state index contributed by atoms with van der Waals surface area (Å²) in [4.78, 5) is 23.5.